The molecule has 1 atom stereocenters. The minimum atomic E-state index is -1.31. The van der Waals surface area contributed by atoms with E-state index in [4.69, 9.17) is 0 Å². The number of amides is 2. The largest absolute Gasteiger partial charge is 0.343 e. The second-order valence-electron chi connectivity index (χ2n) is 7.97. The number of carbonyl (C=O) groups is 3. The van der Waals surface area contributed by atoms with Crippen LogP contribution in [0, 0.1) is 17.5 Å². The van der Waals surface area contributed by atoms with Gasteiger partial charge >= 0.3 is 0 Å². The fourth-order valence-corrected chi connectivity index (χ4v) is 4.02. The van der Waals surface area contributed by atoms with E-state index in [0.717, 1.165) is 5.56 Å². The van der Waals surface area contributed by atoms with Crippen molar-refractivity contribution in [2.24, 2.45) is 0 Å². The van der Waals surface area contributed by atoms with Gasteiger partial charge in [0.1, 0.15) is 16.9 Å². The van der Waals surface area contributed by atoms with E-state index in [1.165, 1.54) is 28.4 Å². The molecular weight excluding hydrogens is 507 g/mol. The molecule has 2 heterocycles. The highest BCUT2D eigenvalue weighted by molar-refractivity contribution is 7.09. The van der Waals surface area contributed by atoms with Crippen molar-refractivity contribution in [1.82, 2.24) is 25.4 Å². The van der Waals surface area contributed by atoms with Crippen LogP contribution in [0.2, 0.25) is 0 Å². The highest BCUT2D eigenvalue weighted by Gasteiger charge is 2.28. The number of ketones is 1. The number of rotatable bonds is 10. The third-order valence-corrected chi connectivity index (χ3v) is 6.11. The third-order valence-electron chi connectivity index (χ3n) is 5.33. The molecule has 0 unspecified atom stereocenters. The summed E-state index contributed by atoms with van der Waals surface area (Å²) in [4.78, 5) is 42.4. The fourth-order valence-electron chi connectivity index (χ4n) is 3.47. The Balaban J connectivity index is 1.46. The van der Waals surface area contributed by atoms with Gasteiger partial charge in [-0.25, -0.2) is 18.2 Å². The van der Waals surface area contributed by atoms with Gasteiger partial charge in [-0.15, -0.1) is 11.3 Å². The van der Waals surface area contributed by atoms with Crippen LogP contribution in [0.15, 0.2) is 66.4 Å². The topological polar surface area (TPSA) is 106 Å². The van der Waals surface area contributed by atoms with Crippen LogP contribution in [0.5, 0.6) is 0 Å². The number of Topliss-reactive ketones (excluding diaryl/α,β-unsaturated/α-hetero) is 1. The maximum Gasteiger partial charge on any atom is 0.289 e. The van der Waals surface area contributed by atoms with E-state index in [9.17, 15) is 27.6 Å². The molecule has 0 saturated carbocycles. The molecule has 2 aromatic carbocycles. The first-order valence-electron chi connectivity index (χ1n) is 11.0. The monoisotopic (exact) mass is 527 g/mol. The smallest absolute Gasteiger partial charge is 0.289 e. The lowest BCUT2D eigenvalue weighted by molar-refractivity contribution is -0.139. The van der Waals surface area contributed by atoms with Crippen molar-refractivity contribution in [2.75, 3.05) is 0 Å². The number of nitrogens with one attached hydrogen (secondary N) is 2. The van der Waals surface area contributed by atoms with Crippen LogP contribution >= 0.6 is 11.3 Å². The summed E-state index contributed by atoms with van der Waals surface area (Å²) in [5.41, 5.74) is 0.582. The lowest BCUT2D eigenvalue weighted by atomic mass is 10.0. The summed E-state index contributed by atoms with van der Waals surface area (Å²) in [5.74, 6) is -5.90. The van der Waals surface area contributed by atoms with Crippen molar-refractivity contribution in [3.8, 4) is 0 Å². The molecule has 0 aliphatic rings. The molecule has 8 nitrogen and oxygen atoms in total. The summed E-state index contributed by atoms with van der Waals surface area (Å²) < 4.78 is 41.8. The van der Waals surface area contributed by atoms with Gasteiger partial charge in [0.2, 0.25) is 5.78 Å². The molecule has 190 valence electrons. The maximum absolute atomic E-state index is 14.0. The molecule has 2 aromatic heterocycles. The Morgan fingerprint density at radius 3 is 2.51 bits per heavy atom. The molecule has 0 spiro atoms. The Morgan fingerprint density at radius 2 is 1.78 bits per heavy atom. The average Bonchev–Trinajstić information content (AvgIpc) is 3.58. The highest BCUT2D eigenvalue weighted by Crippen LogP contribution is 2.15. The summed E-state index contributed by atoms with van der Waals surface area (Å²) >= 11 is 1.32. The van der Waals surface area contributed by atoms with E-state index in [0.29, 0.717) is 17.1 Å². The lowest BCUT2D eigenvalue weighted by Gasteiger charge is -2.17. The van der Waals surface area contributed by atoms with Crippen LogP contribution in [-0.2, 0) is 29.1 Å². The standard InChI is InChI=1S/C25H20F3N5O3S/c26-18-10-20(28)19(27)9-16(18)13-33-14-17(11-31-33)24(35)32-21(8-15-4-2-1-3-5-15)23(34)25(36)30-12-22-29-6-7-37-22/h1-7,9-11,14,21H,8,12-13H2,(H,30,36)(H,32,35)/t21-/m1/s1. The van der Waals surface area contributed by atoms with Crippen LogP contribution in [0.3, 0.4) is 0 Å². The molecule has 4 aromatic rings. The van der Waals surface area contributed by atoms with Crippen LogP contribution in [0.25, 0.3) is 0 Å². The van der Waals surface area contributed by atoms with E-state index in [1.54, 1.807) is 41.9 Å². The molecule has 4 rings (SSSR count). The van der Waals surface area contributed by atoms with Crippen molar-refractivity contribution in [2.45, 2.75) is 25.6 Å². The van der Waals surface area contributed by atoms with Gasteiger partial charge in [0.05, 0.1) is 24.8 Å². The first-order chi connectivity index (χ1) is 17.8. The molecule has 0 saturated heterocycles. The fraction of sp³-hybridized carbons (Fsp3) is 0.160. The van der Waals surface area contributed by atoms with Gasteiger partial charge < -0.3 is 10.6 Å². The SMILES string of the molecule is O=C(NCc1nccs1)C(=O)[C@@H](Cc1ccccc1)NC(=O)c1cnn(Cc2cc(F)c(F)cc2F)c1. The van der Waals surface area contributed by atoms with Crippen molar-refractivity contribution < 1.29 is 27.6 Å². The van der Waals surface area contributed by atoms with Crippen LogP contribution in [-0.4, -0.2) is 38.4 Å². The van der Waals surface area contributed by atoms with E-state index in [-0.39, 0.29) is 30.6 Å². The first kappa shape index (κ1) is 25.8. The second kappa shape index (κ2) is 11.6. The number of thiazole rings is 1. The van der Waals surface area contributed by atoms with Gasteiger partial charge in [-0.1, -0.05) is 30.3 Å². The number of hydrogen-bond donors (Lipinski definition) is 2. The summed E-state index contributed by atoms with van der Waals surface area (Å²) in [7, 11) is 0. The van der Waals surface area contributed by atoms with Gasteiger partial charge in [0, 0.05) is 35.8 Å². The number of aromatic nitrogens is 3. The molecular formula is C25H20F3N5O3S. The molecule has 0 aliphatic carbocycles. The molecule has 37 heavy (non-hydrogen) atoms. The normalized spacial score (nSPS) is 11.6. The number of nitrogens with zero attached hydrogens (tertiary/aromatic N) is 3. The highest BCUT2D eigenvalue weighted by atomic mass is 32.1. The van der Waals surface area contributed by atoms with E-state index in [1.807, 2.05) is 0 Å². The summed E-state index contributed by atoms with van der Waals surface area (Å²) in [6, 6.07) is 8.81. The molecule has 0 radical (unpaired) electrons. The molecule has 2 N–H and O–H groups in total. The lowest BCUT2D eigenvalue weighted by Crippen LogP contribution is -2.48. The van der Waals surface area contributed by atoms with Crippen LogP contribution < -0.4 is 10.6 Å². The molecule has 0 fully saturated rings. The average molecular weight is 528 g/mol. The van der Waals surface area contributed by atoms with Crippen LogP contribution in [0.1, 0.15) is 26.5 Å². The van der Waals surface area contributed by atoms with E-state index < -0.39 is 41.1 Å². The van der Waals surface area contributed by atoms with Crippen molar-refractivity contribution in [1.29, 1.82) is 0 Å². The number of carbonyl (C=O) groups excluding carboxylic acids is 3. The zero-order valence-electron chi connectivity index (χ0n) is 19.2. The van der Waals surface area contributed by atoms with Gasteiger partial charge in [-0.2, -0.15) is 5.10 Å². The molecule has 12 heteroatoms. The van der Waals surface area contributed by atoms with Gasteiger partial charge in [0.25, 0.3) is 11.8 Å². The summed E-state index contributed by atoms with van der Waals surface area (Å²) in [6.07, 6.45) is 4.08. The van der Waals surface area contributed by atoms with Gasteiger partial charge in [-0.05, 0) is 11.6 Å². The van der Waals surface area contributed by atoms with Crippen molar-refractivity contribution in [3.05, 3.63) is 106 Å². The first-order valence-corrected chi connectivity index (χ1v) is 11.9. The van der Waals surface area contributed by atoms with Gasteiger partial charge in [0.15, 0.2) is 11.6 Å². The summed E-state index contributed by atoms with van der Waals surface area (Å²) in [6.45, 7) is -0.191. The molecule has 0 bridgehead atoms. The zero-order chi connectivity index (χ0) is 26.4. The van der Waals surface area contributed by atoms with Crippen molar-refractivity contribution in [3.63, 3.8) is 0 Å². The Hall–Kier alpha value is -4.32. The van der Waals surface area contributed by atoms with E-state index >= 15 is 0 Å². The number of halogens is 3. The predicted octanol–water partition coefficient (Wildman–Crippen LogP) is 3.03. The Kier molecular flexibility index (Phi) is 8.08. The van der Waals surface area contributed by atoms with Crippen LogP contribution in [0.4, 0.5) is 13.2 Å². The minimum Gasteiger partial charge on any atom is -0.343 e. The molecule has 2 amide bonds. The Labute approximate surface area is 213 Å². The third kappa shape index (κ3) is 6.67. The summed E-state index contributed by atoms with van der Waals surface area (Å²) in [5, 5.41) is 11.4. The maximum atomic E-state index is 14.0. The quantitative estimate of drug-likeness (QED) is 0.244. The Bertz CT molecular complexity index is 1410. The molecule has 0 aliphatic heterocycles. The van der Waals surface area contributed by atoms with Gasteiger partial charge in [-0.3, -0.25) is 19.1 Å². The second-order valence-corrected chi connectivity index (χ2v) is 8.95. The predicted molar refractivity (Wildman–Crippen MR) is 128 cm³/mol. The van der Waals surface area contributed by atoms with Crippen molar-refractivity contribution >= 4 is 28.9 Å². The Morgan fingerprint density at radius 1 is 1.03 bits per heavy atom. The minimum absolute atomic E-state index is 0.0250. The number of hydrogen-bond acceptors (Lipinski definition) is 6. The van der Waals surface area contributed by atoms with E-state index in [2.05, 4.69) is 20.7 Å². The zero-order valence-corrected chi connectivity index (χ0v) is 20.0. The number of benzene rings is 2.